The summed E-state index contributed by atoms with van der Waals surface area (Å²) >= 11 is 0. The molecule has 0 saturated carbocycles. The molecule has 1 aromatic heterocycles. The molecule has 0 fully saturated rings. The Balaban J connectivity index is 2.57. The predicted octanol–water partition coefficient (Wildman–Crippen LogP) is 3.41. The van der Waals surface area contributed by atoms with Gasteiger partial charge < -0.3 is 14.5 Å². The van der Waals surface area contributed by atoms with Gasteiger partial charge >= 0.3 is 0 Å². The highest BCUT2D eigenvalue weighted by atomic mass is 16.5. The van der Waals surface area contributed by atoms with Crippen molar-refractivity contribution in [3.63, 3.8) is 0 Å². The summed E-state index contributed by atoms with van der Waals surface area (Å²) in [6.07, 6.45) is 2.99. The van der Waals surface area contributed by atoms with Crippen LogP contribution in [0.5, 0.6) is 0 Å². The molecule has 1 heterocycles. The average molecular weight is 296 g/mol. The van der Waals surface area contributed by atoms with Gasteiger partial charge in [-0.1, -0.05) is 6.92 Å². The molecule has 0 bridgehead atoms. The third-order valence-electron chi connectivity index (χ3n) is 3.69. The molecule has 0 aliphatic carbocycles. The van der Waals surface area contributed by atoms with Crippen LogP contribution in [-0.4, -0.2) is 36.7 Å². The van der Waals surface area contributed by atoms with Gasteiger partial charge in [0.15, 0.2) is 0 Å². The Bertz CT molecular complexity index is 396. The summed E-state index contributed by atoms with van der Waals surface area (Å²) in [5.74, 6) is 1.03. The molecule has 1 N–H and O–H groups in total. The molecular weight excluding hydrogens is 264 g/mol. The van der Waals surface area contributed by atoms with Gasteiger partial charge in [-0.25, -0.2) is 0 Å². The number of nitrogens with one attached hydrogen (secondary N) is 1. The van der Waals surface area contributed by atoms with Crippen molar-refractivity contribution in [1.29, 1.82) is 0 Å². The highest BCUT2D eigenvalue weighted by Gasteiger charge is 2.15. The minimum Gasteiger partial charge on any atom is -0.468 e. The van der Waals surface area contributed by atoms with E-state index in [2.05, 4.69) is 50.9 Å². The Labute approximate surface area is 129 Å². The fraction of sp³-hybridized carbons (Fsp3) is 0.765. The van der Waals surface area contributed by atoms with Gasteiger partial charge in [-0.05, 0) is 40.2 Å². The molecular formula is C17H32N2O2. The third kappa shape index (κ3) is 7.11. The summed E-state index contributed by atoms with van der Waals surface area (Å²) in [6, 6.07) is 2.68. The zero-order valence-electron chi connectivity index (χ0n) is 14.5. The molecule has 0 spiro atoms. The molecule has 1 rings (SSSR count). The first kappa shape index (κ1) is 18.2. The zero-order chi connectivity index (χ0) is 15.9. The summed E-state index contributed by atoms with van der Waals surface area (Å²) in [7, 11) is 1.75. The molecule has 4 nitrogen and oxygen atoms in total. The Hall–Kier alpha value is -0.840. The number of methoxy groups -OCH3 is 1. The summed E-state index contributed by atoms with van der Waals surface area (Å²) in [4.78, 5) is 2.41. The van der Waals surface area contributed by atoms with Crippen LogP contribution in [0.25, 0.3) is 0 Å². The Kier molecular flexibility index (Phi) is 7.43. The topological polar surface area (TPSA) is 37.6 Å². The molecule has 0 amide bonds. The first-order valence-corrected chi connectivity index (χ1v) is 7.90. The predicted molar refractivity (Wildman–Crippen MR) is 87.3 cm³/mol. The summed E-state index contributed by atoms with van der Waals surface area (Å²) in [5, 5.41) is 3.48. The minimum atomic E-state index is 0.124. The first-order valence-electron chi connectivity index (χ1n) is 7.90. The van der Waals surface area contributed by atoms with Gasteiger partial charge in [0, 0.05) is 37.3 Å². The monoisotopic (exact) mass is 296 g/mol. The van der Waals surface area contributed by atoms with Crippen LogP contribution in [0.2, 0.25) is 0 Å². The van der Waals surface area contributed by atoms with Crippen LogP contribution in [0.1, 0.15) is 52.4 Å². The van der Waals surface area contributed by atoms with Crippen LogP contribution in [0, 0.1) is 0 Å². The van der Waals surface area contributed by atoms with Crippen molar-refractivity contribution in [3.8, 4) is 0 Å². The second-order valence-corrected chi connectivity index (χ2v) is 6.75. The molecule has 1 aromatic rings. The van der Waals surface area contributed by atoms with E-state index in [9.17, 15) is 0 Å². The van der Waals surface area contributed by atoms with Gasteiger partial charge in [0.25, 0.3) is 0 Å². The second-order valence-electron chi connectivity index (χ2n) is 6.75. The Morgan fingerprint density at radius 2 is 2.10 bits per heavy atom. The number of hydrogen-bond acceptors (Lipinski definition) is 4. The maximum Gasteiger partial charge on any atom is 0.118 e. The van der Waals surface area contributed by atoms with Gasteiger partial charge in [-0.3, -0.25) is 4.90 Å². The number of hydrogen-bond donors (Lipinski definition) is 1. The van der Waals surface area contributed by atoms with Crippen molar-refractivity contribution in [2.75, 3.05) is 20.3 Å². The van der Waals surface area contributed by atoms with Gasteiger partial charge in [0.1, 0.15) is 5.76 Å². The van der Waals surface area contributed by atoms with Crippen LogP contribution in [0.4, 0.5) is 0 Å². The molecule has 0 aliphatic heterocycles. The van der Waals surface area contributed by atoms with E-state index < -0.39 is 0 Å². The van der Waals surface area contributed by atoms with E-state index in [0.29, 0.717) is 6.04 Å². The molecule has 122 valence electrons. The Morgan fingerprint density at radius 3 is 2.67 bits per heavy atom. The van der Waals surface area contributed by atoms with Crippen molar-refractivity contribution in [1.82, 2.24) is 10.2 Å². The molecule has 0 saturated heterocycles. The lowest BCUT2D eigenvalue weighted by molar-refractivity contribution is 0.112. The maximum atomic E-state index is 5.71. The quantitative estimate of drug-likeness (QED) is 0.758. The number of furan rings is 1. The number of ether oxygens (including phenoxy) is 1. The largest absolute Gasteiger partial charge is 0.468 e. The van der Waals surface area contributed by atoms with E-state index in [-0.39, 0.29) is 5.54 Å². The van der Waals surface area contributed by atoms with Crippen molar-refractivity contribution in [2.45, 2.75) is 65.7 Å². The smallest absolute Gasteiger partial charge is 0.118 e. The molecule has 0 aliphatic rings. The highest BCUT2D eigenvalue weighted by molar-refractivity contribution is 5.13. The van der Waals surface area contributed by atoms with Crippen molar-refractivity contribution < 1.29 is 9.15 Å². The van der Waals surface area contributed by atoms with Crippen molar-refractivity contribution in [3.05, 3.63) is 23.7 Å². The van der Waals surface area contributed by atoms with Crippen LogP contribution in [0.15, 0.2) is 16.7 Å². The van der Waals surface area contributed by atoms with Crippen LogP contribution in [0.3, 0.4) is 0 Å². The molecule has 0 radical (unpaired) electrons. The molecule has 1 unspecified atom stereocenters. The number of rotatable bonds is 9. The fourth-order valence-electron chi connectivity index (χ4n) is 2.09. The normalized spacial score (nSPS) is 13.9. The summed E-state index contributed by atoms with van der Waals surface area (Å²) in [6.45, 7) is 14.3. The van der Waals surface area contributed by atoms with Crippen molar-refractivity contribution >= 4 is 0 Å². The van der Waals surface area contributed by atoms with E-state index in [0.717, 1.165) is 38.4 Å². The van der Waals surface area contributed by atoms with E-state index in [1.54, 1.807) is 7.11 Å². The minimum absolute atomic E-state index is 0.124. The van der Waals surface area contributed by atoms with E-state index in [4.69, 9.17) is 9.15 Å². The lowest BCUT2D eigenvalue weighted by Crippen LogP contribution is -2.35. The Morgan fingerprint density at radius 1 is 1.38 bits per heavy atom. The molecule has 4 heteroatoms. The average Bonchev–Trinajstić information content (AvgIpc) is 2.87. The summed E-state index contributed by atoms with van der Waals surface area (Å²) < 4.78 is 10.9. The fourth-order valence-corrected chi connectivity index (χ4v) is 2.09. The van der Waals surface area contributed by atoms with E-state index in [1.807, 2.05) is 6.26 Å². The lowest BCUT2D eigenvalue weighted by atomic mass is 10.1. The molecule has 0 aromatic carbocycles. The first-order chi connectivity index (χ1) is 9.85. The second kappa shape index (κ2) is 8.57. The molecule has 21 heavy (non-hydrogen) atoms. The summed E-state index contributed by atoms with van der Waals surface area (Å²) in [5.41, 5.74) is 1.33. The lowest BCUT2D eigenvalue weighted by Gasteiger charge is -2.27. The maximum absolute atomic E-state index is 5.71. The number of nitrogens with zero attached hydrogens (tertiary/aromatic N) is 1. The highest BCUT2D eigenvalue weighted by Crippen LogP contribution is 2.14. The molecule has 1 atom stereocenters. The van der Waals surface area contributed by atoms with E-state index in [1.165, 1.54) is 5.56 Å². The van der Waals surface area contributed by atoms with Gasteiger partial charge in [0.05, 0.1) is 19.4 Å². The van der Waals surface area contributed by atoms with Crippen LogP contribution < -0.4 is 5.32 Å². The van der Waals surface area contributed by atoms with Crippen LogP contribution >= 0.6 is 0 Å². The van der Waals surface area contributed by atoms with Crippen LogP contribution in [-0.2, 0) is 17.8 Å². The van der Waals surface area contributed by atoms with Crippen molar-refractivity contribution in [2.24, 2.45) is 0 Å². The van der Waals surface area contributed by atoms with Gasteiger partial charge in [-0.2, -0.15) is 0 Å². The van der Waals surface area contributed by atoms with Gasteiger partial charge in [-0.15, -0.1) is 0 Å². The SMILES string of the molecule is CCC(C)N(CCOC)Cc1cc(CNC(C)(C)C)co1. The third-order valence-corrected chi connectivity index (χ3v) is 3.69. The zero-order valence-corrected chi connectivity index (χ0v) is 14.5. The van der Waals surface area contributed by atoms with Gasteiger partial charge in [0.2, 0.25) is 0 Å². The van der Waals surface area contributed by atoms with E-state index >= 15 is 0 Å². The standard InChI is InChI=1S/C17H32N2O2/c1-7-14(2)19(8-9-20-6)12-16-10-15(13-21-16)11-18-17(3,4)5/h10,13-14,18H,7-9,11-12H2,1-6H3.